The summed E-state index contributed by atoms with van der Waals surface area (Å²) in [5.74, 6) is -2.01. The highest BCUT2D eigenvalue weighted by atomic mass is 35.5. The van der Waals surface area contributed by atoms with Crippen LogP contribution in [0, 0.1) is 5.82 Å². The molecule has 1 aliphatic heterocycles. The van der Waals surface area contributed by atoms with Crippen LogP contribution in [-0.2, 0) is 20.8 Å². The van der Waals surface area contributed by atoms with Crippen LogP contribution in [-0.4, -0.2) is 23.8 Å². The lowest BCUT2D eigenvalue weighted by Crippen LogP contribution is -2.52. The maximum Gasteiger partial charge on any atom is 0.249 e. The Morgan fingerprint density at radius 1 is 1.45 bits per heavy atom. The van der Waals surface area contributed by atoms with Crippen molar-refractivity contribution < 1.29 is 18.8 Å². The Hall–Kier alpha value is -1.95. The molecule has 1 heterocycles. The number of carbonyl (C=O) groups is 3. The first-order valence-electron chi connectivity index (χ1n) is 6.03. The van der Waals surface area contributed by atoms with Crippen LogP contribution in [0.5, 0.6) is 0 Å². The second-order valence-electron chi connectivity index (χ2n) is 4.45. The predicted octanol–water partition coefficient (Wildman–Crippen LogP) is 0.943. The molecular weight excluding hydrogens is 287 g/mol. The van der Waals surface area contributed by atoms with E-state index >= 15 is 0 Å². The van der Waals surface area contributed by atoms with Gasteiger partial charge < -0.3 is 5.32 Å². The molecule has 0 unspecified atom stereocenters. The van der Waals surface area contributed by atoms with Crippen LogP contribution >= 0.6 is 11.6 Å². The first-order chi connectivity index (χ1) is 9.47. The molecule has 1 saturated heterocycles. The van der Waals surface area contributed by atoms with E-state index in [1.165, 1.54) is 18.2 Å². The quantitative estimate of drug-likeness (QED) is 0.816. The van der Waals surface area contributed by atoms with E-state index in [0.29, 0.717) is 0 Å². The molecule has 20 heavy (non-hydrogen) atoms. The number of piperidine rings is 1. The van der Waals surface area contributed by atoms with Crippen molar-refractivity contribution in [2.24, 2.45) is 0 Å². The van der Waals surface area contributed by atoms with Crippen LogP contribution in [0.4, 0.5) is 4.39 Å². The summed E-state index contributed by atoms with van der Waals surface area (Å²) in [6.45, 7) is 0. The maximum absolute atomic E-state index is 13.5. The van der Waals surface area contributed by atoms with Crippen molar-refractivity contribution in [2.45, 2.75) is 25.3 Å². The first-order valence-corrected chi connectivity index (χ1v) is 6.41. The van der Waals surface area contributed by atoms with E-state index < -0.39 is 23.7 Å². The average Bonchev–Trinajstić information content (AvgIpc) is 2.37. The monoisotopic (exact) mass is 298 g/mol. The molecule has 1 aliphatic rings. The number of carbonyl (C=O) groups excluding carboxylic acids is 3. The molecule has 0 aliphatic carbocycles. The minimum absolute atomic E-state index is 0.0824. The molecule has 7 heteroatoms. The van der Waals surface area contributed by atoms with Crippen molar-refractivity contribution in [1.82, 2.24) is 10.6 Å². The van der Waals surface area contributed by atoms with Gasteiger partial charge in [-0.2, -0.15) is 0 Å². The van der Waals surface area contributed by atoms with E-state index in [-0.39, 0.29) is 35.8 Å². The molecule has 1 atom stereocenters. The molecule has 106 valence electrons. The van der Waals surface area contributed by atoms with Crippen LogP contribution in [0.1, 0.15) is 18.4 Å². The van der Waals surface area contributed by atoms with Gasteiger partial charge in [-0.25, -0.2) is 4.39 Å². The standard InChI is InChI=1S/C13H12ClFN2O3/c14-8-2-1-3-9(15)7(8)6-12(19)16-10-4-5-11(18)17-13(10)20/h1-3,10H,4-6H2,(H,16,19)(H,17,18,20)/t10-/m1/s1. The molecule has 2 N–H and O–H groups in total. The van der Waals surface area contributed by atoms with Gasteiger partial charge in [0.2, 0.25) is 17.7 Å². The molecule has 1 fully saturated rings. The van der Waals surface area contributed by atoms with Gasteiger partial charge in [0.15, 0.2) is 0 Å². The van der Waals surface area contributed by atoms with Crippen LogP contribution in [0.15, 0.2) is 18.2 Å². The highest BCUT2D eigenvalue weighted by molar-refractivity contribution is 6.31. The smallest absolute Gasteiger partial charge is 0.249 e. The number of hydrogen-bond donors (Lipinski definition) is 2. The van der Waals surface area contributed by atoms with E-state index in [9.17, 15) is 18.8 Å². The van der Waals surface area contributed by atoms with Crippen LogP contribution in [0.2, 0.25) is 5.02 Å². The molecule has 1 aromatic rings. The second-order valence-corrected chi connectivity index (χ2v) is 4.86. The molecular formula is C13H12ClFN2O3. The number of imide groups is 1. The maximum atomic E-state index is 13.5. The third-order valence-corrected chi connectivity index (χ3v) is 3.33. The van der Waals surface area contributed by atoms with Crippen molar-refractivity contribution >= 4 is 29.3 Å². The number of nitrogens with one attached hydrogen (secondary N) is 2. The Kier molecular flexibility index (Phi) is 4.34. The van der Waals surface area contributed by atoms with Gasteiger partial charge in [0.1, 0.15) is 11.9 Å². The Morgan fingerprint density at radius 2 is 2.20 bits per heavy atom. The molecule has 0 spiro atoms. The highest BCUT2D eigenvalue weighted by Gasteiger charge is 2.28. The summed E-state index contributed by atoms with van der Waals surface area (Å²) in [6.07, 6.45) is 0.141. The summed E-state index contributed by atoms with van der Waals surface area (Å²) in [5, 5.41) is 4.75. The number of benzene rings is 1. The van der Waals surface area contributed by atoms with Crippen LogP contribution < -0.4 is 10.6 Å². The van der Waals surface area contributed by atoms with Gasteiger partial charge in [-0.3, -0.25) is 19.7 Å². The zero-order valence-electron chi connectivity index (χ0n) is 10.4. The van der Waals surface area contributed by atoms with Gasteiger partial charge in [-0.15, -0.1) is 0 Å². The van der Waals surface area contributed by atoms with Crippen molar-refractivity contribution in [3.8, 4) is 0 Å². The second kappa shape index (κ2) is 6.00. The molecule has 0 saturated carbocycles. The highest BCUT2D eigenvalue weighted by Crippen LogP contribution is 2.19. The molecule has 3 amide bonds. The summed E-state index contributed by atoms with van der Waals surface area (Å²) >= 11 is 5.82. The van der Waals surface area contributed by atoms with Crippen molar-refractivity contribution in [2.75, 3.05) is 0 Å². The Bertz CT molecular complexity index is 556. The first kappa shape index (κ1) is 14.5. The average molecular weight is 299 g/mol. The third-order valence-electron chi connectivity index (χ3n) is 2.97. The molecule has 5 nitrogen and oxygen atoms in total. The van der Waals surface area contributed by atoms with Gasteiger partial charge in [-0.05, 0) is 18.6 Å². The lowest BCUT2D eigenvalue weighted by atomic mass is 10.1. The van der Waals surface area contributed by atoms with E-state index in [1.54, 1.807) is 0 Å². The minimum Gasteiger partial charge on any atom is -0.344 e. The number of amides is 3. The molecule has 2 rings (SSSR count). The molecule has 1 aromatic carbocycles. The van der Waals surface area contributed by atoms with E-state index in [0.717, 1.165) is 0 Å². The normalized spacial score (nSPS) is 18.6. The van der Waals surface area contributed by atoms with Crippen LogP contribution in [0.25, 0.3) is 0 Å². The fourth-order valence-corrected chi connectivity index (χ4v) is 2.17. The summed E-state index contributed by atoms with van der Waals surface area (Å²) in [7, 11) is 0. The van der Waals surface area contributed by atoms with Gasteiger partial charge in [0.05, 0.1) is 6.42 Å². The SMILES string of the molecule is O=C1CC[C@@H](NC(=O)Cc2c(F)cccc2Cl)C(=O)N1. The van der Waals surface area contributed by atoms with E-state index in [4.69, 9.17) is 11.6 Å². The summed E-state index contributed by atoms with van der Waals surface area (Å²) in [5.41, 5.74) is 0.0824. The number of halogens is 2. The lowest BCUT2D eigenvalue weighted by molar-refractivity contribution is -0.137. The fraction of sp³-hybridized carbons (Fsp3) is 0.308. The van der Waals surface area contributed by atoms with Crippen LogP contribution in [0.3, 0.4) is 0 Å². The van der Waals surface area contributed by atoms with E-state index in [1.807, 2.05) is 0 Å². The predicted molar refractivity (Wildman–Crippen MR) is 69.4 cm³/mol. The minimum atomic E-state index is -0.772. The van der Waals surface area contributed by atoms with E-state index in [2.05, 4.69) is 10.6 Å². The number of hydrogen-bond acceptors (Lipinski definition) is 3. The molecule has 0 aromatic heterocycles. The topological polar surface area (TPSA) is 75.3 Å². The summed E-state index contributed by atoms with van der Waals surface area (Å²) in [4.78, 5) is 34.3. The fourth-order valence-electron chi connectivity index (χ4n) is 1.94. The largest absolute Gasteiger partial charge is 0.344 e. The van der Waals surface area contributed by atoms with Gasteiger partial charge in [0, 0.05) is 17.0 Å². The van der Waals surface area contributed by atoms with Gasteiger partial charge in [-0.1, -0.05) is 17.7 Å². The zero-order valence-corrected chi connectivity index (χ0v) is 11.2. The van der Waals surface area contributed by atoms with Crippen molar-refractivity contribution in [1.29, 1.82) is 0 Å². The third kappa shape index (κ3) is 3.33. The lowest BCUT2D eigenvalue weighted by Gasteiger charge is -2.21. The molecule has 0 bridgehead atoms. The number of rotatable bonds is 3. The van der Waals surface area contributed by atoms with Crippen molar-refractivity contribution in [3.63, 3.8) is 0 Å². The van der Waals surface area contributed by atoms with Crippen molar-refractivity contribution in [3.05, 3.63) is 34.6 Å². The Labute approximate surface area is 119 Å². The zero-order chi connectivity index (χ0) is 14.7. The molecule has 0 radical (unpaired) electrons. The Morgan fingerprint density at radius 3 is 2.85 bits per heavy atom. The van der Waals surface area contributed by atoms with Gasteiger partial charge in [0.25, 0.3) is 0 Å². The summed E-state index contributed by atoms with van der Waals surface area (Å²) in [6, 6.07) is 3.37. The Balaban J connectivity index is 1.99. The van der Waals surface area contributed by atoms with Gasteiger partial charge >= 0.3 is 0 Å². The summed E-state index contributed by atoms with van der Waals surface area (Å²) < 4.78 is 13.5.